The Kier molecular flexibility index (Phi) is 4.41. The van der Waals surface area contributed by atoms with Crippen LogP contribution in [-0.2, 0) is 4.74 Å². The number of fused-ring (bicyclic) bond motifs is 1. The van der Waals surface area contributed by atoms with Crippen LogP contribution in [0.3, 0.4) is 0 Å². The second-order valence-electron chi connectivity index (χ2n) is 6.60. The summed E-state index contributed by atoms with van der Waals surface area (Å²) in [5.74, 6) is -0.607. The fourth-order valence-corrected chi connectivity index (χ4v) is 3.32. The van der Waals surface area contributed by atoms with E-state index in [4.69, 9.17) is 4.74 Å². The van der Waals surface area contributed by atoms with Gasteiger partial charge in [0.05, 0.1) is 17.6 Å². The van der Waals surface area contributed by atoms with Crippen molar-refractivity contribution < 1.29 is 14.6 Å². The summed E-state index contributed by atoms with van der Waals surface area (Å²) in [5.41, 5.74) is -0.393. The molecule has 1 aliphatic carbocycles. The molecule has 0 aliphatic heterocycles. The van der Waals surface area contributed by atoms with Crippen molar-refractivity contribution in [3.05, 3.63) is 40.3 Å². The van der Waals surface area contributed by atoms with Crippen LogP contribution in [0.4, 0.5) is 0 Å². The highest BCUT2D eigenvalue weighted by atomic mass is 16.5. The molecule has 1 fully saturated rings. The molecule has 1 aliphatic rings. The average Bonchev–Trinajstić information content (AvgIpc) is 2.56. The van der Waals surface area contributed by atoms with E-state index in [0.29, 0.717) is 23.9 Å². The molecule has 1 N–H and O–H groups in total. The molecule has 0 bridgehead atoms. The van der Waals surface area contributed by atoms with Crippen molar-refractivity contribution in [2.75, 3.05) is 6.61 Å². The van der Waals surface area contributed by atoms with Gasteiger partial charge in [-0.05, 0) is 51.7 Å². The first-order valence-electron chi connectivity index (χ1n) is 8.32. The molecule has 3 rings (SSSR count). The molecule has 6 nitrogen and oxygen atoms in total. The number of carbonyl (C=O) groups excluding carboxylic acids is 1. The Hall–Kier alpha value is -2.21. The molecule has 0 spiro atoms. The molecule has 2 aromatic heterocycles. The molecule has 24 heavy (non-hydrogen) atoms. The van der Waals surface area contributed by atoms with Gasteiger partial charge in [0.25, 0.3) is 0 Å². The van der Waals surface area contributed by atoms with Crippen molar-refractivity contribution in [1.82, 2.24) is 9.55 Å². The lowest BCUT2D eigenvalue weighted by Gasteiger charge is -2.34. The first kappa shape index (κ1) is 16.6. The zero-order valence-corrected chi connectivity index (χ0v) is 14.0. The summed E-state index contributed by atoms with van der Waals surface area (Å²) >= 11 is 0. The molecule has 0 saturated heterocycles. The van der Waals surface area contributed by atoms with Crippen LogP contribution in [-0.4, -0.2) is 32.8 Å². The number of aliphatic hydroxyl groups is 1. The number of esters is 1. The molecule has 0 unspecified atom stereocenters. The van der Waals surface area contributed by atoms with E-state index in [1.54, 1.807) is 31.5 Å². The van der Waals surface area contributed by atoms with Crippen LogP contribution in [0.1, 0.15) is 55.9 Å². The molecular weight excluding hydrogens is 308 g/mol. The van der Waals surface area contributed by atoms with Gasteiger partial charge in [-0.3, -0.25) is 4.79 Å². The van der Waals surface area contributed by atoms with Gasteiger partial charge < -0.3 is 14.4 Å². The highest BCUT2D eigenvalue weighted by Crippen LogP contribution is 2.35. The maximum Gasteiger partial charge on any atom is 0.343 e. The predicted octanol–water partition coefficient (Wildman–Crippen LogP) is 2.44. The van der Waals surface area contributed by atoms with E-state index >= 15 is 0 Å². The van der Waals surface area contributed by atoms with Gasteiger partial charge in [-0.2, -0.15) is 0 Å². The first-order chi connectivity index (χ1) is 11.4. The minimum Gasteiger partial charge on any atom is -0.462 e. The summed E-state index contributed by atoms with van der Waals surface area (Å²) in [6, 6.07) is 3.47. The third-order valence-electron chi connectivity index (χ3n) is 4.71. The Balaban J connectivity index is 2.11. The predicted molar refractivity (Wildman–Crippen MR) is 90.1 cm³/mol. The lowest BCUT2D eigenvalue weighted by Crippen LogP contribution is -2.32. The number of hydrogen-bond donors (Lipinski definition) is 1. The van der Waals surface area contributed by atoms with Crippen LogP contribution in [0.2, 0.25) is 0 Å². The van der Waals surface area contributed by atoms with Crippen molar-refractivity contribution in [3.8, 4) is 0 Å². The molecule has 0 aromatic carbocycles. The molecule has 0 amide bonds. The lowest BCUT2D eigenvalue weighted by molar-refractivity contribution is 0.0102. The van der Waals surface area contributed by atoms with E-state index in [1.807, 2.05) is 11.5 Å². The van der Waals surface area contributed by atoms with E-state index in [1.165, 1.54) is 0 Å². The van der Waals surface area contributed by atoms with Crippen molar-refractivity contribution >= 4 is 17.0 Å². The fraction of sp³-hybridized carbons (Fsp3) is 0.500. The maximum absolute atomic E-state index is 12.6. The van der Waals surface area contributed by atoms with E-state index in [9.17, 15) is 14.7 Å². The lowest BCUT2D eigenvalue weighted by atomic mass is 9.83. The number of carbonyl (C=O) groups is 1. The second kappa shape index (κ2) is 6.36. The summed E-state index contributed by atoms with van der Waals surface area (Å²) in [4.78, 5) is 29.1. The number of hydrogen-bond acceptors (Lipinski definition) is 5. The largest absolute Gasteiger partial charge is 0.462 e. The molecule has 2 heterocycles. The van der Waals surface area contributed by atoms with Crippen LogP contribution in [0.5, 0.6) is 0 Å². The number of ether oxygens (including phenoxy) is 1. The number of aromatic nitrogens is 2. The van der Waals surface area contributed by atoms with Gasteiger partial charge in [0.1, 0.15) is 11.2 Å². The highest BCUT2D eigenvalue weighted by molar-refractivity contribution is 5.93. The van der Waals surface area contributed by atoms with E-state index in [0.717, 1.165) is 12.8 Å². The summed E-state index contributed by atoms with van der Waals surface area (Å²) in [6.45, 7) is 3.77. The molecule has 1 saturated carbocycles. The summed E-state index contributed by atoms with van der Waals surface area (Å²) in [6.07, 6.45) is 6.09. The third-order valence-corrected chi connectivity index (χ3v) is 4.71. The van der Waals surface area contributed by atoms with Gasteiger partial charge in [-0.1, -0.05) is 0 Å². The van der Waals surface area contributed by atoms with Crippen molar-refractivity contribution in [1.29, 1.82) is 0 Å². The van der Waals surface area contributed by atoms with Gasteiger partial charge >= 0.3 is 5.97 Å². The third kappa shape index (κ3) is 3.06. The van der Waals surface area contributed by atoms with Crippen LogP contribution in [0, 0.1) is 0 Å². The Morgan fingerprint density at radius 1 is 1.46 bits per heavy atom. The van der Waals surface area contributed by atoms with Crippen molar-refractivity contribution in [2.45, 2.75) is 51.2 Å². The summed E-state index contributed by atoms with van der Waals surface area (Å²) in [7, 11) is 0. The molecule has 2 aromatic rings. The van der Waals surface area contributed by atoms with E-state index < -0.39 is 11.6 Å². The minimum absolute atomic E-state index is 0.0367. The Labute approximate surface area is 140 Å². The molecule has 128 valence electrons. The van der Waals surface area contributed by atoms with E-state index in [2.05, 4.69) is 4.98 Å². The fourth-order valence-electron chi connectivity index (χ4n) is 3.32. The van der Waals surface area contributed by atoms with Crippen LogP contribution >= 0.6 is 0 Å². The Morgan fingerprint density at radius 2 is 2.17 bits per heavy atom. The average molecular weight is 330 g/mol. The molecular formula is C18H22N2O4. The summed E-state index contributed by atoms with van der Waals surface area (Å²) < 4.78 is 6.92. The number of rotatable bonds is 3. The zero-order chi connectivity index (χ0) is 17.3. The van der Waals surface area contributed by atoms with Crippen LogP contribution in [0.15, 0.2) is 29.3 Å². The van der Waals surface area contributed by atoms with Gasteiger partial charge in [0.15, 0.2) is 0 Å². The first-order valence-corrected chi connectivity index (χ1v) is 8.32. The Bertz CT molecular complexity index is 815. The quantitative estimate of drug-likeness (QED) is 0.874. The van der Waals surface area contributed by atoms with Crippen molar-refractivity contribution in [2.24, 2.45) is 0 Å². The SMILES string of the molecule is CCOC(=O)c1cn(C2CCC(C)(O)CC2)c2ncccc2c1=O. The van der Waals surface area contributed by atoms with Gasteiger partial charge in [0, 0.05) is 18.4 Å². The van der Waals surface area contributed by atoms with Crippen LogP contribution < -0.4 is 5.43 Å². The van der Waals surface area contributed by atoms with Gasteiger partial charge in [-0.25, -0.2) is 9.78 Å². The summed E-state index contributed by atoms with van der Waals surface area (Å²) in [5, 5.41) is 10.6. The minimum atomic E-state index is -0.650. The maximum atomic E-state index is 12.6. The van der Waals surface area contributed by atoms with Gasteiger partial charge in [0.2, 0.25) is 5.43 Å². The zero-order valence-electron chi connectivity index (χ0n) is 14.0. The molecule has 6 heteroatoms. The van der Waals surface area contributed by atoms with Crippen molar-refractivity contribution in [3.63, 3.8) is 0 Å². The standard InChI is InChI=1S/C18H22N2O4/c1-3-24-17(22)14-11-20(12-6-8-18(2,23)9-7-12)16-13(15(14)21)5-4-10-19-16/h4-5,10-12,23H,3,6-9H2,1-2H3. The molecule has 0 atom stereocenters. The monoisotopic (exact) mass is 330 g/mol. The second-order valence-corrected chi connectivity index (χ2v) is 6.60. The normalized spacial score (nSPS) is 24.0. The highest BCUT2D eigenvalue weighted by Gasteiger charge is 2.30. The number of nitrogens with zero attached hydrogens (tertiary/aromatic N) is 2. The number of pyridine rings is 2. The van der Waals surface area contributed by atoms with E-state index in [-0.39, 0.29) is 23.6 Å². The Morgan fingerprint density at radius 3 is 2.83 bits per heavy atom. The molecule has 0 radical (unpaired) electrons. The topological polar surface area (TPSA) is 81.4 Å². The van der Waals surface area contributed by atoms with Crippen LogP contribution in [0.25, 0.3) is 11.0 Å². The smallest absolute Gasteiger partial charge is 0.343 e. The van der Waals surface area contributed by atoms with Gasteiger partial charge in [-0.15, -0.1) is 0 Å².